The minimum absolute atomic E-state index is 0.0303. The van der Waals surface area contributed by atoms with E-state index in [1.165, 1.54) is 17.0 Å². The molecule has 0 radical (unpaired) electrons. The van der Waals surface area contributed by atoms with Gasteiger partial charge in [0.15, 0.2) is 5.82 Å². The third kappa shape index (κ3) is 3.76. The highest BCUT2D eigenvalue weighted by Gasteiger charge is 2.30. The van der Waals surface area contributed by atoms with Crippen LogP contribution in [0.3, 0.4) is 0 Å². The summed E-state index contributed by atoms with van der Waals surface area (Å²) in [7, 11) is 0. The zero-order valence-corrected chi connectivity index (χ0v) is 19.4. The monoisotopic (exact) mass is 483 g/mol. The predicted molar refractivity (Wildman–Crippen MR) is 133 cm³/mol. The summed E-state index contributed by atoms with van der Waals surface area (Å²) in [5.74, 6) is 1.18. The number of benzene rings is 2. The fourth-order valence-electron chi connectivity index (χ4n) is 4.34. The van der Waals surface area contributed by atoms with Crippen molar-refractivity contribution in [3.8, 4) is 17.1 Å². The summed E-state index contributed by atoms with van der Waals surface area (Å²) < 4.78 is 21.7. The number of hydrogen-bond donors (Lipinski definition) is 2. The number of nitrogens with one attached hydrogen (secondary N) is 1. The first-order valence-electron chi connectivity index (χ1n) is 11.6. The molecule has 3 heterocycles. The van der Waals surface area contributed by atoms with Gasteiger partial charge in [-0.3, -0.25) is 9.36 Å². The third-order valence-corrected chi connectivity index (χ3v) is 6.31. The van der Waals surface area contributed by atoms with Crippen LogP contribution >= 0.6 is 0 Å². The van der Waals surface area contributed by atoms with Crippen LogP contribution < -0.4 is 16.6 Å². The number of nitrogen functional groups attached to an aromatic ring is 1. The van der Waals surface area contributed by atoms with Gasteiger partial charge in [-0.05, 0) is 49.4 Å². The summed E-state index contributed by atoms with van der Waals surface area (Å²) in [5, 5.41) is 7.93. The first-order valence-corrected chi connectivity index (χ1v) is 11.6. The van der Waals surface area contributed by atoms with Crippen LogP contribution in [0.5, 0.6) is 0 Å². The van der Waals surface area contributed by atoms with Crippen molar-refractivity contribution >= 4 is 22.4 Å². The Balaban J connectivity index is 1.47. The second kappa shape index (κ2) is 8.56. The normalized spacial score (nSPS) is 14.2. The largest absolute Gasteiger partial charge is 0.383 e. The van der Waals surface area contributed by atoms with Gasteiger partial charge in [-0.15, -0.1) is 0 Å². The Kier molecular flexibility index (Phi) is 5.21. The molecule has 0 amide bonds. The molecular formula is C26H22FN7O2. The SMILES string of the molecule is CC(Nc1ncnc(N)c1-c1nc(C2CC2)no1)c1cc2cccc(F)c2c(=O)n1-c1ccccc1. The Morgan fingerprint density at radius 2 is 1.94 bits per heavy atom. The smallest absolute Gasteiger partial charge is 0.266 e. The van der Waals surface area contributed by atoms with Crippen molar-refractivity contribution in [3.63, 3.8) is 0 Å². The van der Waals surface area contributed by atoms with Crippen LogP contribution in [0.25, 0.3) is 27.9 Å². The van der Waals surface area contributed by atoms with E-state index in [9.17, 15) is 9.18 Å². The summed E-state index contributed by atoms with van der Waals surface area (Å²) in [4.78, 5) is 26.5. The number of hydrogen-bond acceptors (Lipinski definition) is 8. The molecule has 1 aliphatic carbocycles. The molecular weight excluding hydrogens is 461 g/mol. The van der Waals surface area contributed by atoms with E-state index < -0.39 is 17.4 Å². The molecule has 2 aromatic carbocycles. The van der Waals surface area contributed by atoms with Crippen molar-refractivity contribution in [2.75, 3.05) is 11.1 Å². The summed E-state index contributed by atoms with van der Waals surface area (Å²) in [6.45, 7) is 1.88. The maximum Gasteiger partial charge on any atom is 0.266 e. The van der Waals surface area contributed by atoms with Gasteiger partial charge in [-0.1, -0.05) is 35.5 Å². The molecule has 0 saturated heterocycles. The number of fused-ring (bicyclic) bond motifs is 1. The molecule has 1 fully saturated rings. The van der Waals surface area contributed by atoms with E-state index in [2.05, 4.69) is 25.4 Å². The van der Waals surface area contributed by atoms with Crippen LogP contribution in [0.15, 0.2) is 70.2 Å². The van der Waals surface area contributed by atoms with E-state index in [4.69, 9.17) is 10.3 Å². The van der Waals surface area contributed by atoms with Crippen LogP contribution in [0.1, 0.15) is 43.2 Å². The molecule has 0 bridgehead atoms. The topological polar surface area (TPSA) is 125 Å². The van der Waals surface area contributed by atoms with E-state index in [1.807, 2.05) is 25.1 Å². The molecule has 180 valence electrons. The van der Waals surface area contributed by atoms with Gasteiger partial charge in [0.1, 0.15) is 29.3 Å². The van der Waals surface area contributed by atoms with Crippen LogP contribution in [0, 0.1) is 5.82 Å². The minimum atomic E-state index is -0.567. The molecule has 1 aliphatic rings. The van der Waals surface area contributed by atoms with Gasteiger partial charge >= 0.3 is 0 Å². The minimum Gasteiger partial charge on any atom is -0.383 e. The van der Waals surface area contributed by atoms with Gasteiger partial charge in [0.2, 0.25) is 0 Å². The van der Waals surface area contributed by atoms with Gasteiger partial charge < -0.3 is 15.6 Å². The molecule has 3 aromatic heterocycles. The van der Waals surface area contributed by atoms with Crippen LogP contribution in [0.2, 0.25) is 0 Å². The van der Waals surface area contributed by atoms with Crippen molar-refractivity contribution < 1.29 is 8.91 Å². The van der Waals surface area contributed by atoms with E-state index >= 15 is 0 Å². The van der Waals surface area contributed by atoms with Gasteiger partial charge in [0.25, 0.3) is 11.4 Å². The van der Waals surface area contributed by atoms with Crippen molar-refractivity contribution in [1.82, 2.24) is 24.7 Å². The van der Waals surface area contributed by atoms with E-state index in [0.29, 0.717) is 39.9 Å². The van der Waals surface area contributed by atoms with Gasteiger partial charge in [-0.25, -0.2) is 14.4 Å². The number of aromatic nitrogens is 5. The van der Waals surface area contributed by atoms with Crippen molar-refractivity contribution in [2.45, 2.75) is 31.7 Å². The number of rotatable bonds is 6. The van der Waals surface area contributed by atoms with E-state index in [-0.39, 0.29) is 17.1 Å². The molecule has 1 atom stereocenters. The maximum absolute atomic E-state index is 14.7. The Bertz CT molecular complexity index is 1640. The average Bonchev–Trinajstić information content (AvgIpc) is 3.62. The zero-order valence-electron chi connectivity index (χ0n) is 19.4. The second-order valence-electron chi connectivity index (χ2n) is 8.83. The highest BCUT2D eigenvalue weighted by atomic mass is 19.1. The van der Waals surface area contributed by atoms with Crippen molar-refractivity contribution in [3.05, 3.63) is 88.6 Å². The van der Waals surface area contributed by atoms with Crippen molar-refractivity contribution in [2.24, 2.45) is 0 Å². The molecule has 3 N–H and O–H groups in total. The molecule has 1 saturated carbocycles. The third-order valence-electron chi connectivity index (χ3n) is 6.31. The number of pyridine rings is 1. The first-order chi connectivity index (χ1) is 17.5. The Labute approximate surface area is 204 Å². The molecule has 0 spiro atoms. The van der Waals surface area contributed by atoms with Gasteiger partial charge in [-0.2, -0.15) is 4.98 Å². The highest BCUT2D eigenvalue weighted by molar-refractivity contribution is 5.83. The Hall–Kier alpha value is -4.60. The van der Waals surface area contributed by atoms with Crippen LogP contribution in [0.4, 0.5) is 16.0 Å². The first kappa shape index (κ1) is 21.9. The molecule has 10 heteroatoms. The van der Waals surface area contributed by atoms with Crippen LogP contribution in [-0.2, 0) is 0 Å². The summed E-state index contributed by atoms with van der Waals surface area (Å²) in [6.07, 6.45) is 3.40. The molecule has 5 aromatic rings. The van der Waals surface area contributed by atoms with Crippen LogP contribution in [-0.4, -0.2) is 24.7 Å². The van der Waals surface area contributed by atoms with E-state index in [1.54, 1.807) is 30.3 Å². The zero-order chi connectivity index (χ0) is 24.8. The molecule has 0 aliphatic heterocycles. The lowest BCUT2D eigenvalue weighted by molar-refractivity contribution is 0.422. The summed E-state index contributed by atoms with van der Waals surface area (Å²) in [6, 6.07) is 15.0. The predicted octanol–water partition coefficient (Wildman–Crippen LogP) is 4.60. The lowest BCUT2D eigenvalue weighted by Gasteiger charge is -2.22. The van der Waals surface area contributed by atoms with Gasteiger partial charge in [0.05, 0.1) is 11.4 Å². The Morgan fingerprint density at radius 3 is 2.72 bits per heavy atom. The fourth-order valence-corrected chi connectivity index (χ4v) is 4.34. The molecule has 9 nitrogen and oxygen atoms in total. The van der Waals surface area contributed by atoms with Crippen molar-refractivity contribution in [1.29, 1.82) is 0 Å². The molecule has 1 unspecified atom stereocenters. The van der Waals surface area contributed by atoms with E-state index in [0.717, 1.165) is 12.8 Å². The lowest BCUT2D eigenvalue weighted by atomic mass is 10.1. The number of para-hydroxylation sites is 1. The molecule has 6 rings (SSSR count). The maximum atomic E-state index is 14.7. The number of anilines is 2. The fraction of sp³-hybridized carbons (Fsp3) is 0.192. The Morgan fingerprint density at radius 1 is 1.14 bits per heavy atom. The quantitative estimate of drug-likeness (QED) is 0.359. The number of nitrogens with two attached hydrogens (primary N) is 1. The highest BCUT2D eigenvalue weighted by Crippen LogP contribution is 2.40. The average molecular weight is 484 g/mol. The summed E-state index contributed by atoms with van der Waals surface area (Å²) >= 11 is 0. The van der Waals surface area contributed by atoms with Gasteiger partial charge in [0, 0.05) is 17.3 Å². The molecule has 36 heavy (non-hydrogen) atoms. The lowest BCUT2D eigenvalue weighted by Crippen LogP contribution is -2.26. The summed E-state index contributed by atoms with van der Waals surface area (Å²) in [5.41, 5.74) is 7.36. The number of nitrogens with zero attached hydrogens (tertiary/aromatic N) is 5. The number of halogens is 1. The standard InChI is InChI=1S/C26H22FN7O2/c1-14(31-24-21(22(28)29-13-30-24)25-32-23(33-36-25)15-10-11-15)19-12-16-6-5-9-18(27)20(16)26(35)34(19)17-7-3-2-4-8-17/h2-9,12-15H,10-11H2,1H3,(H3,28,29,30,31). The second-order valence-corrected chi connectivity index (χ2v) is 8.83.